The fourth-order valence-electron chi connectivity index (χ4n) is 3.17. The maximum absolute atomic E-state index is 12.5. The predicted octanol–water partition coefficient (Wildman–Crippen LogP) is 3.44. The van der Waals surface area contributed by atoms with Crippen LogP contribution in [0.4, 0.5) is 16.2 Å². The lowest BCUT2D eigenvalue weighted by molar-refractivity contribution is -0.118. The van der Waals surface area contributed by atoms with Crippen molar-refractivity contribution in [2.24, 2.45) is 5.92 Å². The summed E-state index contributed by atoms with van der Waals surface area (Å²) < 4.78 is 5.40. The summed E-state index contributed by atoms with van der Waals surface area (Å²) in [6.07, 6.45) is 0. The fourth-order valence-corrected chi connectivity index (χ4v) is 3.17. The molecule has 0 radical (unpaired) electrons. The summed E-state index contributed by atoms with van der Waals surface area (Å²) in [5.74, 6) is -0.121. The molecule has 0 aromatic heterocycles. The van der Waals surface area contributed by atoms with Gasteiger partial charge in [0.05, 0.1) is 13.2 Å². The number of carbonyl (C=O) groups is 2. The first kappa shape index (κ1) is 21.8. The van der Waals surface area contributed by atoms with Crippen LogP contribution in [0.1, 0.15) is 25.0 Å². The lowest BCUT2D eigenvalue weighted by atomic mass is 10.1. The number of morpholine rings is 1. The zero-order chi connectivity index (χ0) is 21.3. The van der Waals surface area contributed by atoms with Crippen molar-refractivity contribution in [3.63, 3.8) is 0 Å². The van der Waals surface area contributed by atoms with Crippen molar-refractivity contribution in [1.82, 2.24) is 10.2 Å². The third kappa shape index (κ3) is 6.57. The van der Waals surface area contributed by atoms with Gasteiger partial charge >= 0.3 is 6.03 Å². The van der Waals surface area contributed by atoms with Crippen molar-refractivity contribution < 1.29 is 14.3 Å². The largest absolute Gasteiger partial charge is 0.379 e. The van der Waals surface area contributed by atoms with Gasteiger partial charge in [-0.1, -0.05) is 44.2 Å². The van der Waals surface area contributed by atoms with Crippen LogP contribution < -0.4 is 16.0 Å². The summed E-state index contributed by atoms with van der Waals surface area (Å²) in [5.41, 5.74) is 3.52. The van der Waals surface area contributed by atoms with E-state index in [0.717, 1.165) is 55.3 Å². The minimum Gasteiger partial charge on any atom is -0.379 e. The van der Waals surface area contributed by atoms with Gasteiger partial charge in [-0.25, -0.2) is 4.79 Å². The van der Waals surface area contributed by atoms with Gasteiger partial charge in [0.1, 0.15) is 0 Å². The molecule has 1 fully saturated rings. The summed E-state index contributed by atoms with van der Waals surface area (Å²) in [7, 11) is 0. The maximum atomic E-state index is 12.5. The Morgan fingerprint density at radius 3 is 2.57 bits per heavy atom. The van der Waals surface area contributed by atoms with Crippen LogP contribution in [0.3, 0.4) is 0 Å². The molecule has 2 aromatic rings. The number of amides is 3. The number of anilines is 2. The van der Waals surface area contributed by atoms with Gasteiger partial charge in [0, 0.05) is 43.5 Å². The predicted molar refractivity (Wildman–Crippen MR) is 118 cm³/mol. The number of benzene rings is 2. The van der Waals surface area contributed by atoms with E-state index < -0.39 is 0 Å². The first-order valence-electron chi connectivity index (χ1n) is 10.3. The third-order valence-electron chi connectivity index (χ3n) is 4.94. The summed E-state index contributed by atoms with van der Waals surface area (Å²) >= 11 is 0. The van der Waals surface area contributed by atoms with E-state index in [0.29, 0.717) is 6.54 Å². The smallest absolute Gasteiger partial charge is 0.319 e. The highest BCUT2D eigenvalue weighted by Gasteiger charge is 2.14. The fraction of sp³-hybridized carbons (Fsp3) is 0.391. The molecule has 30 heavy (non-hydrogen) atoms. The number of urea groups is 1. The van der Waals surface area contributed by atoms with E-state index in [1.54, 1.807) is 0 Å². The molecule has 1 aliphatic rings. The molecule has 1 saturated heterocycles. The third-order valence-corrected chi connectivity index (χ3v) is 4.94. The molecular weight excluding hydrogens is 380 g/mol. The highest BCUT2D eigenvalue weighted by Crippen LogP contribution is 2.18. The van der Waals surface area contributed by atoms with Crippen molar-refractivity contribution in [1.29, 1.82) is 0 Å². The van der Waals surface area contributed by atoms with Crippen molar-refractivity contribution in [3.8, 4) is 0 Å². The topological polar surface area (TPSA) is 82.7 Å². The molecule has 0 unspecified atom stereocenters. The maximum Gasteiger partial charge on any atom is 0.319 e. The van der Waals surface area contributed by atoms with Gasteiger partial charge in [0.2, 0.25) is 5.91 Å². The molecule has 160 valence electrons. The van der Waals surface area contributed by atoms with Gasteiger partial charge in [-0.15, -0.1) is 0 Å². The second kappa shape index (κ2) is 10.8. The Balaban J connectivity index is 1.54. The standard InChI is InChI=1S/C23H30N4O3/c1-17(2)22(28)25-20-8-5-6-18(14-20)15-24-23(29)26-21-9-4-3-7-19(21)16-27-10-12-30-13-11-27/h3-9,14,17H,10-13,15-16H2,1-2H3,(H,25,28)(H2,24,26,29). The van der Waals surface area contributed by atoms with Crippen LogP contribution in [0.15, 0.2) is 48.5 Å². The molecule has 3 amide bonds. The Bertz CT molecular complexity index is 863. The van der Waals surface area contributed by atoms with Crippen LogP contribution in [-0.4, -0.2) is 43.1 Å². The second-order valence-electron chi connectivity index (χ2n) is 7.70. The molecule has 3 rings (SSSR count). The van der Waals surface area contributed by atoms with E-state index in [1.807, 2.05) is 62.4 Å². The number of nitrogens with zero attached hydrogens (tertiary/aromatic N) is 1. The zero-order valence-corrected chi connectivity index (χ0v) is 17.6. The van der Waals surface area contributed by atoms with E-state index >= 15 is 0 Å². The molecule has 7 heteroatoms. The van der Waals surface area contributed by atoms with Crippen molar-refractivity contribution in [3.05, 3.63) is 59.7 Å². The highest BCUT2D eigenvalue weighted by molar-refractivity contribution is 5.92. The number of hydrogen-bond acceptors (Lipinski definition) is 4. The summed E-state index contributed by atoms with van der Waals surface area (Å²) in [5, 5.41) is 8.71. The van der Waals surface area contributed by atoms with Crippen molar-refractivity contribution in [2.75, 3.05) is 36.9 Å². The molecule has 7 nitrogen and oxygen atoms in total. The Hall–Kier alpha value is -2.90. The first-order chi connectivity index (χ1) is 14.5. The Kier molecular flexibility index (Phi) is 7.82. The van der Waals surface area contributed by atoms with Crippen LogP contribution in [-0.2, 0) is 22.6 Å². The number of hydrogen-bond donors (Lipinski definition) is 3. The van der Waals surface area contributed by atoms with Gasteiger partial charge < -0.3 is 20.7 Å². The van der Waals surface area contributed by atoms with E-state index in [2.05, 4.69) is 20.9 Å². The normalized spacial score (nSPS) is 14.4. The lowest BCUT2D eigenvalue weighted by Gasteiger charge is -2.27. The minimum atomic E-state index is -0.263. The molecule has 3 N–H and O–H groups in total. The SMILES string of the molecule is CC(C)C(=O)Nc1cccc(CNC(=O)Nc2ccccc2CN2CCOCC2)c1. The van der Waals surface area contributed by atoms with Gasteiger partial charge in [0.15, 0.2) is 0 Å². The number of rotatable bonds is 7. The average Bonchev–Trinajstić information content (AvgIpc) is 2.74. The van der Waals surface area contributed by atoms with E-state index in [9.17, 15) is 9.59 Å². The van der Waals surface area contributed by atoms with Gasteiger partial charge in [-0.2, -0.15) is 0 Å². The second-order valence-corrected chi connectivity index (χ2v) is 7.70. The Morgan fingerprint density at radius 2 is 1.80 bits per heavy atom. The molecule has 0 aliphatic carbocycles. The van der Waals surface area contributed by atoms with Crippen LogP contribution in [0.5, 0.6) is 0 Å². The van der Waals surface area contributed by atoms with Crippen molar-refractivity contribution in [2.45, 2.75) is 26.9 Å². The molecule has 1 heterocycles. The summed E-state index contributed by atoms with van der Waals surface area (Å²) in [6, 6.07) is 15.1. The summed E-state index contributed by atoms with van der Waals surface area (Å²) in [6.45, 7) is 8.11. The molecule has 1 aliphatic heterocycles. The van der Waals surface area contributed by atoms with Crippen LogP contribution >= 0.6 is 0 Å². The van der Waals surface area contributed by atoms with E-state index in [1.165, 1.54) is 0 Å². The lowest BCUT2D eigenvalue weighted by Crippen LogP contribution is -2.36. The number of ether oxygens (including phenoxy) is 1. The molecule has 0 saturated carbocycles. The van der Waals surface area contributed by atoms with E-state index in [-0.39, 0.29) is 17.9 Å². The molecule has 0 bridgehead atoms. The molecular formula is C23H30N4O3. The van der Waals surface area contributed by atoms with Crippen molar-refractivity contribution >= 4 is 23.3 Å². The molecule has 0 spiro atoms. The molecule has 2 aromatic carbocycles. The van der Waals surface area contributed by atoms with Gasteiger partial charge in [-0.05, 0) is 29.3 Å². The minimum absolute atomic E-state index is 0.0327. The van der Waals surface area contributed by atoms with Gasteiger partial charge in [-0.3, -0.25) is 9.69 Å². The summed E-state index contributed by atoms with van der Waals surface area (Å²) in [4.78, 5) is 26.6. The number of carbonyl (C=O) groups excluding carboxylic acids is 2. The van der Waals surface area contributed by atoms with Crippen LogP contribution in [0, 0.1) is 5.92 Å². The van der Waals surface area contributed by atoms with Crippen LogP contribution in [0.25, 0.3) is 0 Å². The quantitative estimate of drug-likeness (QED) is 0.653. The Labute approximate surface area is 177 Å². The molecule has 0 atom stereocenters. The number of nitrogens with one attached hydrogen (secondary N) is 3. The Morgan fingerprint density at radius 1 is 1.03 bits per heavy atom. The van der Waals surface area contributed by atoms with E-state index in [4.69, 9.17) is 4.74 Å². The monoisotopic (exact) mass is 410 g/mol. The van der Waals surface area contributed by atoms with Gasteiger partial charge in [0.25, 0.3) is 0 Å². The first-order valence-corrected chi connectivity index (χ1v) is 10.3. The highest BCUT2D eigenvalue weighted by atomic mass is 16.5. The number of para-hydroxylation sites is 1. The average molecular weight is 411 g/mol. The van der Waals surface area contributed by atoms with Crippen LogP contribution in [0.2, 0.25) is 0 Å². The zero-order valence-electron chi connectivity index (χ0n) is 17.6.